The van der Waals surface area contributed by atoms with E-state index in [1.54, 1.807) is 12.3 Å². The molecule has 1 fully saturated rings. The van der Waals surface area contributed by atoms with Crippen LogP contribution in [0.1, 0.15) is 43.7 Å². The van der Waals surface area contributed by atoms with Crippen LogP contribution in [0, 0.1) is 5.82 Å². The highest BCUT2D eigenvalue weighted by atomic mass is 32.2. The first-order chi connectivity index (χ1) is 19.9. The molecule has 2 heterocycles. The van der Waals surface area contributed by atoms with Crippen LogP contribution in [0.2, 0.25) is 0 Å². The number of halogens is 1. The van der Waals surface area contributed by atoms with Gasteiger partial charge in [-0.25, -0.2) is 36.2 Å². The van der Waals surface area contributed by atoms with E-state index in [0.717, 1.165) is 43.0 Å². The molecular weight excluding hydrogens is 579 g/mol. The third-order valence-corrected chi connectivity index (χ3v) is 9.72. The maximum absolute atomic E-state index is 15.1. The van der Waals surface area contributed by atoms with Crippen molar-refractivity contribution in [1.82, 2.24) is 15.0 Å². The Kier molecular flexibility index (Phi) is 8.44. The van der Waals surface area contributed by atoms with Gasteiger partial charge < -0.3 is 11.1 Å². The van der Waals surface area contributed by atoms with Gasteiger partial charge in [0.25, 0.3) is 0 Å². The molecule has 1 saturated carbocycles. The van der Waals surface area contributed by atoms with E-state index < -0.39 is 31.4 Å². The quantitative estimate of drug-likeness (QED) is 0.249. The third kappa shape index (κ3) is 7.02. The third-order valence-electron chi connectivity index (χ3n) is 7.35. The smallest absolute Gasteiger partial charge is 0.237 e. The standard InChI is InChI=1S/C29H33FN6O4S2/c1-3-19-15-26(34-27-16-32-29(35-28(19)27)33-22-9-7-21(31)8-10-22)20-6-13-25(24(30)14-20)36-42(39,40)17-18-4-11-23(12-5-18)41(2,37)38/h4-6,11-16,21-22,36H,3,7-10,17,31H2,1-2H3,(H,32,33,35). The predicted octanol–water partition coefficient (Wildman–Crippen LogP) is 4.42. The molecule has 1 aliphatic rings. The van der Waals surface area contributed by atoms with Gasteiger partial charge in [-0.15, -0.1) is 0 Å². The van der Waals surface area contributed by atoms with Crippen LogP contribution >= 0.6 is 0 Å². The summed E-state index contributed by atoms with van der Waals surface area (Å²) in [7, 11) is -7.38. The number of pyridine rings is 1. The van der Waals surface area contributed by atoms with Gasteiger partial charge >= 0.3 is 0 Å². The number of aromatic nitrogens is 3. The van der Waals surface area contributed by atoms with E-state index in [9.17, 15) is 16.8 Å². The zero-order chi connectivity index (χ0) is 30.1. The van der Waals surface area contributed by atoms with Gasteiger partial charge in [-0.3, -0.25) is 4.72 Å². The van der Waals surface area contributed by atoms with Gasteiger partial charge in [0.05, 0.1) is 33.7 Å². The topological polar surface area (TPSA) is 157 Å². The average molecular weight is 613 g/mol. The molecule has 0 amide bonds. The van der Waals surface area contributed by atoms with Gasteiger partial charge in [-0.05, 0) is 73.6 Å². The number of nitrogens with zero attached hydrogens (tertiary/aromatic N) is 3. The van der Waals surface area contributed by atoms with Crippen molar-refractivity contribution < 1.29 is 21.2 Å². The molecule has 0 bridgehead atoms. The first-order valence-corrected chi connectivity index (χ1v) is 17.2. The second-order valence-corrected chi connectivity index (χ2v) is 14.4. The van der Waals surface area contributed by atoms with E-state index >= 15 is 4.39 Å². The summed E-state index contributed by atoms with van der Waals surface area (Å²) in [5, 5.41) is 3.41. The zero-order valence-corrected chi connectivity index (χ0v) is 25.0. The highest BCUT2D eigenvalue weighted by Crippen LogP contribution is 2.29. The molecule has 0 aliphatic heterocycles. The molecule has 42 heavy (non-hydrogen) atoms. The van der Waals surface area contributed by atoms with Crippen LogP contribution in [0.4, 0.5) is 16.0 Å². The average Bonchev–Trinajstić information content (AvgIpc) is 2.94. The van der Waals surface area contributed by atoms with Crippen molar-refractivity contribution in [2.75, 3.05) is 16.3 Å². The fourth-order valence-corrected chi connectivity index (χ4v) is 6.87. The maximum atomic E-state index is 15.1. The lowest BCUT2D eigenvalue weighted by atomic mass is 9.92. The second-order valence-electron chi connectivity index (χ2n) is 10.7. The van der Waals surface area contributed by atoms with E-state index in [1.165, 1.54) is 36.4 Å². The summed E-state index contributed by atoms with van der Waals surface area (Å²) in [5.41, 5.74) is 9.40. The van der Waals surface area contributed by atoms with E-state index in [2.05, 4.69) is 20.0 Å². The van der Waals surface area contributed by atoms with Crippen molar-refractivity contribution in [3.05, 3.63) is 71.7 Å². The Balaban J connectivity index is 1.33. The summed E-state index contributed by atoms with van der Waals surface area (Å²) >= 11 is 0. The monoisotopic (exact) mass is 612 g/mol. The van der Waals surface area contributed by atoms with Crippen LogP contribution in [0.5, 0.6) is 0 Å². The van der Waals surface area contributed by atoms with E-state index in [1.807, 2.05) is 13.0 Å². The molecule has 222 valence electrons. The largest absolute Gasteiger partial charge is 0.351 e. The Morgan fingerprint density at radius 1 is 0.976 bits per heavy atom. The van der Waals surface area contributed by atoms with Crippen LogP contribution in [-0.4, -0.2) is 50.1 Å². The van der Waals surface area contributed by atoms with Crippen molar-refractivity contribution >= 4 is 42.5 Å². The summed E-state index contributed by atoms with van der Waals surface area (Å²) in [6.45, 7) is 2.00. The van der Waals surface area contributed by atoms with Gasteiger partial charge in [0, 0.05) is 23.9 Å². The number of hydrogen-bond donors (Lipinski definition) is 3. The van der Waals surface area contributed by atoms with Crippen molar-refractivity contribution in [2.24, 2.45) is 5.73 Å². The predicted molar refractivity (Wildman–Crippen MR) is 162 cm³/mol. The first-order valence-electron chi connectivity index (χ1n) is 13.7. The molecule has 0 spiro atoms. The number of hydrogen-bond acceptors (Lipinski definition) is 9. The molecule has 13 heteroatoms. The van der Waals surface area contributed by atoms with Crippen LogP contribution in [0.15, 0.2) is 59.6 Å². The second kappa shape index (κ2) is 11.9. The number of fused-ring (bicyclic) bond motifs is 1. The number of anilines is 2. The Bertz CT molecular complexity index is 1830. The molecule has 4 N–H and O–H groups in total. The van der Waals surface area contributed by atoms with Crippen molar-refractivity contribution in [1.29, 1.82) is 0 Å². The number of aryl methyl sites for hydroxylation is 1. The Morgan fingerprint density at radius 2 is 1.69 bits per heavy atom. The molecule has 0 saturated heterocycles. The van der Waals surface area contributed by atoms with Gasteiger partial charge in [-0.2, -0.15) is 0 Å². The molecule has 0 atom stereocenters. The molecule has 5 rings (SSSR count). The maximum Gasteiger partial charge on any atom is 0.237 e. The number of nitrogens with one attached hydrogen (secondary N) is 2. The molecule has 0 unspecified atom stereocenters. The molecule has 0 radical (unpaired) electrons. The lowest BCUT2D eigenvalue weighted by Gasteiger charge is -2.26. The Morgan fingerprint density at radius 3 is 2.33 bits per heavy atom. The molecular formula is C29H33FN6O4S2. The highest BCUT2D eigenvalue weighted by Gasteiger charge is 2.20. The van der Waals surface area contributed by atoms with Crippen molar-refractivity contribution in [2.45, 2.75) is 61.8 Å². The normalized spacial score (nSPS) is 17.7. The molecule has 1 aliphatic carbocycles. The summed E-state index contributed by atoms with van der Waals surface area (Å²) in [4.78, 5) is 13.9. The van der Waals surface area contributed by atoms with Crippen molar-refractivity contribution in [3.63, 3.8) is 0 Å². The minimum Gasteiger partial charge on any atom is -0.351 e. The molecule has 2 aromatic heterocycles. The molecule has 10 nitrogen and oxygen atoms in total. The van der Waals surface area contributed by atoms with Gasteiger partial charge in [0.1, 0.15) is 11.3 Å². The summed E-state index contributed by atoms with van der Waals surface area (Å²) in [5.74, 6) is -0.664. The van der Waals surface area contributed by atoms with Crippen LogP contribution in [-0.2, 0) is 32.0 Å². The summed E-state index contributed by atoms with van der Waals surface area (Å²) in [6.07, 6.45) is 7.27. The fourth-order valence-electron chi connectivity index (χ4n) is 5.04. The number of sulfone groups is 1. The number of sulfonamides is 1. The van der Waals surface area contributed by atoms with E-state index in [0.29, 0.717) is 34.7 Å². The minimum absolute atomic E-state index is 0.0838. The molecule has 2 aromatic carbocycles. The number of nitrogens with two attached hydrogens (primary N) is 1. The lowest BCUT2D eigenvalue weighted by Crippen LogP contribution is -2.33. The number of benzene rings is 2. The van der Waals surface area contributed by atoms with Gasteiger partial charge in [-0.1, -0.05) is 25.1 Å². The fraction of sp³-hybridized carbons (Fsp3) is 0.345. The summed E-state index contributed by atoms with van der Waals surface area (Å²) in [6, 6.07) is 12.1. The Labute approximate surface area is 245 Å². The van der Waals surface area contributed by atoms with Crippen LogP contribution in [0.25, 0.3) is 22.3 Å². The highest BCUT2D eigenvalue weighted by molar-refractivity contribution is 7.92. The summed E-state index contributed by atoms with van der Waals surface area (Å²) < 4.78 is 66.1. The SMILES string of the molecule is CCc1cc(-c2ccc(NS(=O)(=O)Cc3ccc(S(C)(=O)=O)cc3)c(F)c2)nc2cnc(NC3CCC(N)CC3)nc12. The van der Waals surface area contributed by atoms with Crippen molar-refractivity contribution in [3.8, 4) is 11.3 Å². The van der Waals surface area contributed by atoms with Crippen LogP contribution in [0.3, 0.4) is 0 Å². The first kappa shape index (κ1) is 29.8. The lowest BCUT2D eigenvalue weighted by molar-refractivity contribution is 0.410. The van der Waals surface area contributed by atoms with Gasteiger partial charge in [0.15, 0.2) is 9.84 Å². The van der Waals surface area contributed by atoms with Gasteiger partial charge in [0.2, 0.25) is 16.0 Å². The Hall–Kier alpha value is -3.68. The van der Waals surface area contributed by atoms with E-state index in [-0.39, 0.29) is 22.7 Å². The van der Waals surface area contributed by atoms with Crippen LogP contribution < -0.4 is 15.8 Å². The number of rotatable bonds is 9. The van der Waals surface area contributed by atoms with E-state index in [4.69, 9.17) is 10.7 Å². The molecule has 4 aromatic rings. The minimum atomic E-state index is -3.98. The zero-order valence-electron chi connectivity index (χ0n) is 23.3.